The average Bonchev–Trinajstić information content (AvgIpc) is 2.32. The molecule has 1 atom stereocenters. The molecule has 1 aromatic carbocycles. The normalized spacial score (nSPS) is 19.9. The van der Waals surface area contributed by atoms with Crippen molar-refractivity contribution in [2.24, 2.45) is 0 Å². The lowest BCUT2D eigenvalue weighted by Crippen LogP contribution is -2.39. The van der Waals surface area contributed by atoms with Crippen LogP contribution < -0.4 is 5.32 Å². The minimum Gasteiger partial charge on any atom is -0.296 e. The number of benzene rings is 1. The van der Waals surface area contributed by atoms with E-state index in [1.54, 1.807) is 20.8 Å². The van der Waals surface area contributed by atoms with Gasteiger partial charge in [0.1, 0.15) is 0 Å². The summed E-state index contributed by atoms with van der Waals surface area (Å²) in [6.07, 6.45) is 0.342. The Bertz CT molecular complexity index is 576. The predicted molar refractivity (Wildman–Crippen MR) is 70.2 cm³/mol. The molecule has 3 nitrogen and oxygen atoms in total. The Morgan fingerprint density at radius 2 is 1.80 bits per heavy atom. The Kier molecular flexibility index (Phi) is 3.63. The molecule has 2 amide bonds. The number of hydrogen-bond acceptors (Lipinski definition) is 2. The zero-order chi connectivity index (χ0) is 15.1. The zero-order valence-electron chi connectivity index (χ0n) is 11.7. The molecule has 1 aliphatic rings. The van der Waals surface area contributed by atoms with Crippen LogP contribution in [0.5, 0.6) is 0 Å². The molecule has 0 saturated carbocycles. The minimum absolute atomic E-state index is 0.0144. The summed E-state index contributed by atoms with van der Waals surface area (Å²) in [5.74, 6) is -3.66. The second-order valence-corrected chi connectivity index (χ2v) is 6.08. The molecule has 20 heavy (non-hydrogen) atoms. The van der Waals surface area contributed by atoms with Gasteiger partial charge in [-0.05, 0) is 17.4 Å². The highest BCUT2D eigenvalue weighted by molar-refractivity contribution is 6.00. The van der Waals surface area contributed by atoms with E-state index in [1.165, 1.54) is 12.1 Å². The van der Waals surface area contributed by atoms with Crippen LogP contribution in [0.3, 0.4) is 0 Å². The van der Waals surface area contributed by atoms with E-state index in [2.05, 4.69) is 5.32 Å². The van der Waals surface area contributed by atoms with Crippen LogP contribution in [0.4, 0.5) is 8.78 Å². The lowest BCUT2D eigenvalue weighted by Gasteiger charge is -2.24. The lowest BCUT2D eigenvalue weighted by atomic mass is 9.83. The van der Waals surface area contributed by atoms with Crippen molar-refractivity contribution in [1.29, 1.82) is 0 Å². The highest BCUT2D eigenvalue weighted by Gasteiger charge is 2.32. The van der Waals surface area contributed by atoms with Gasteiger partial charge in [-0.15, -0.1) is 0 Å². The van der Waals surface area contributed by atoms with Gasteiger partial charge in [-0.1, -0.05) is 32.9 Å². The van der Waals surface area contributed by atoms with Gasteiger partial charge >= 0.3 is 0 Å². The molecule has 1 N–H and O–H groups in total. The molecule has 2 rings (SSSR count). The zero-order valence-corrected chi connectivity index (χ0v) is 11.7. The van der Waals surface area contributed by atoms with E-state index in [0.717, 1.165) is 0 Å². The molecule has 1 heterocycles. The molecule has 0 aliphatic carbocycles. The molecule has 0 aromatic heterocycles. The molecule has 1 fully saturated rings. The van der Waals surface area contributed by atoms with Crippen molar-refractivity contribution < 1.29 is 18.4 Å². The molecule has 0 spiro atoms. The maximum absolute atomic E-state index is 14.2. The molecular weight excluding hydrogens is 264 g/mol. The average molecular weight is 281 g/mol. The summed E-state index contributed by atoms with van der Waals surface area (Å²) in [5.41, 5.74) is -0.236. The predicted octanol–water partition coefficient (Wildman–Crippen LogP) is 2.78. The highest BCUT2D eigenvalue weighted by atomic mass is 19.2. The SMILES string of the molecule is CC(C)(C)c1ccc(C2CCC(=O)NC2=O)c(F)c1F. The first-order chi connectivity index (χ1) is 9.21. The minimum atomic E-state index is -0.994. The third kappa shape index (κ3) is 2.57. The Morgan fingerprint density at radius 1 is 1.15 bits per heavy atom. The van der Waals surface area contributed by atoms with E-state index in [1.807, 2.05) is 0 Å². The van der Waals surface area contributed by atoms with Gasteiger partial charge in [0.15, 0.2) is 11.6 Å². The fourth-order valence-corrected chi connectivity index (χ4v) is 2.40. The number of amides is 2. The first-order valence-electron chi connectivity index (χ1n) is 6.54. The molecular formula is C15H17F2NO2. The van der Waals surface area contributed by atoms with Crippen LogP contribution in [0, 0.1) is 11.6 Å². The molecule has 0 bridgehead atoms. The van der Waals surface area contributed by atoms with Crippen molar-refractivity contribution in [3.05, 3.63) is 34.9 Å². The fourth-order valence-electron chi connectivity index (χ4n) is 2.40. The Balaban J connectivity index is 2.42. The maximum atomic E-state index is 14.2. The van der Waals surface area contributed by atoms with Gasteiger partial charge in [-0.3, -0.25) is 14.9 Å². The van der Waals surface area contributed by atoms with Crippen LogP contribution in [-0.2, 0) is 15.0 Å². The number of halogens is 2. The van der Waals surface area contributed by atoms with E-state index >= 15 is 0 Å². The summed E-state index contributed by atoms with van der Waals surface area (Å²) in [6, 6.07) is 2.95. The molecule has 1 aliphatic heterocycles. The first kappa shape index (κ1) is 14.6. The van der Waals surface area contributed by atoms with Gasteiger partial charge in [-0.2, -0.15) is 0 Å². The summed E-state index contributed by atoms with van der Waals surface area (Å²) >= 11 is 0. The molecule has 5 heteroatoms. The van der Waals surface area contributed by atoms with Crippen LogP contribution in [0.1, 0.15) is 50.7 Å². The van der Waals surface area contributed by atoms with E-state index in [9.17, 15) is 18.4 Å². The smallest absolute Gasteiger partial charge is 0.234 e. The van der Waals surface area contributed by atoms with Gasteiger partial charge in [0.2, 0.25) is 11.8 Å². The topological polar surface area (TPSA) is 46.2 Å². The van der Waals surface area contributed by atoms with Crippen LogP contribution in [-0.4, -0.2) is 11.8 Å². The first-order valence-corrected chi connectivity index (χ1v) is 6.54. The summed E-state index contributed by atoms with van der Waals surface area (Å²) in [5, 5.41) is 2.15. The third-order valence-corrected chi connectivity index (χ3v) is 3.53. The highest BCUT2D eigenvalue weighted by Crippen LogP contribution is 2.33. The molecule has 108 valence electrons. The van der Waals surface area contributed by atoms with Crippen molar-refractivity contribution in [2.45, 2.75) is 44.9 Å². The molecule has 1 unspecified atom stereocenters. The lowest BCUT2D eigenvalue weighted by molar-refractivity contribution is -0.134. The second-order valence-electron chi connectivity index (χ2n) is 6.08. The molecule has 0 radical (unpaired) electrons. The number of carbonyl (C=O) groups excluding carboxylic acids is 2. The van der Waals surface area contributed by atoms with Crippen molar-refractivity contribution in [1.82, 2.24) is 5.32 Å². The number of carbonyl (C=O) groups is 2. The maximum Gasteiger partial charge on any atom is 0.234 e. The van der Waals surface area contributed by atoms with E-state index in [0.29, 0.717) is 0 Å². The Labute approximate surface area is 116 Å². The fraction of sp³-hybridized carbons (Fsp3) is 0.467. The van der Waals surface area contributed by atoms with Crippen LogP contribution in [0.25, 0.3) is 0 Å². The largest absolute Gasteiger partial charge is 0.296 e. The van der Waals surface area contributed by atoms with Gasteiger partial charge in [0.05, 0.1) is 5.92 Å². The molecule has 1 saturated heterocycles. The van der Waals surface area contributed by atoms with E-state index < -0.39 is 28.9 Å². The van der Waals surface area contributed by atoms with Gasteiger partial charge in [0, 0.05) is 12.0 Å². The number of imide groups is 1. The van der Waals surface area contributed by atoms with Gasteiger partial charge < -0.3 is 0 Å². The number of hydrogen-bond donors (Lipinski definition) is 1. The Hall–Kier alpha value is -1.78. The summed E-state index contributed by atoms with van der Waals surface area (Å²) in [7, 11) is 0. The Morgan fingerprint density at radius 3 is 2.35 bits per heavy atom. The summed E-state index contributed by atoms with van der Waals surface area (Å²) in [6.45, 7) is 5.36. The number of rotatable bonds is 1. The monoisotopic (exact) mass is 281 g/mol. The van der Waals surface area contributed by atoms with Gasteiger partial charge in [0.25, 0.3) is 0 Å². The van der Waals surface area contributed by atoms with Crippen molar-refractivity contribution >= 4 is 11.8 Å². The second kappa shape index (κ2) is 4.96. The van der Waals surface area contributed by atoms with Crippen molar-refractivity contribution in [3.8, 4) is 0 Å². The van der Waals surface area contributed by atoms with Crippen LogP contribution >= 0.6 is 0 Å². The standard InChI is InChI=1S/C15H17F2NO2/c1-15(2,3)10-6-4-8(12(16)13(10)17)9-5-7-11(19)18-14(9)20/h4,6,9H,5,7H2,1-3H3,(H,18,19,20). The van der Waals surface area contributed by atoms with E-state index in [4.69, 9.17) is 0 Å². The summed E-state index contributed by atoms with van der Waals surface area (Å²) < 4.78 is 28.4. The molecule has 1 aromatic rings. The van der Waals surface area contributed by atoms with E-state index in [-0.39, 0.29) is 29.9 Å². The number of nitrogens with one attached hydrogen (secondary N) is 1. The van der Waals surface area contributed by atoms with Crippen LogP contribution in [0.15, 0.2) is 12.1 Å². The van der Waals surface area contributed by atoms with Gasteiger partial charge in [-0.25, -0.2) is 8.78 Å². The quantitative estimate of drug-likeness (QED) is 0.805. The van der Waals surface area contributed by atoms with Crippen molar-refractivity contribution in [2.75, 3.05) is 0 Å². The van der Waals surface area contributed by atoms with Crippen molar-refractivity contribution in [3.63, 3.8) is 0 Å². The third-order valence-electron chi connectivity index (χ3n) is 3.53. The summed E-state index contributed by atoms with van der Waals surface area (Å²) in [4.78, 5) is 22.8. The van der Waals surface area contributed by atoms with Crippen LogP contribution in [0.2, 0.25) is 0 Å². The number of piperidine rings is 1.